The molecule has 0 amide bonds. The maximum absolute atomic E-state index is 10.5. The number of anilines is 1. The van der Waals surface area contributed by atoms with E-state index in [0.29, 0.717) is 12.6 Å². The Kier molecular flexibility index (Phi) is 3.61. The van der Waals surface area contributed by atoms with Gasteiger partial charge in [-0.2, -0.15) is 5.10 Å². The Balaban J connectivity index is 1.95. The van der Waals surface area contributed by atoms with E-state index in [-0.39, 0.29) is 9.92 Å². The van der Waals surface area contributed by atoms with Crippen molar-refractivity contribution in [3.05, 3.63) is 39.5 Å². The smallest absolute Gasteiger partial charge is 0.324 e. The summed E-state index contributed by atoms with van der Waals surface area (Å²) in [6, 6.07) is 3.62. The topological polar surface area (TPSA) is 73.0 Å². The average molecular weight is 266 g/mol. The minimum Gasteiger partial charge on any atom is -0.378 e. The monoisotopic (exact) mass is 266 g/mol. The molecule has 7 heteroatoms. The van der Waals surface area contributed by atoms with Gasteiger partial charge < -0.3 is 5.32 Å². The predicted molar refractivity (Wildman–Crippen MR) is 70.9 cm³/mol. The number of hydrogen-bond acceptors (Lipinski definition) is 5. The summed E-state index contributed by atoms with van der Waals surface area (Å²) in [6.07, 6.45) is 3.68. The van der Waals surface area contributed by atoms with Crippen molar-refractivity contribution in [1.29, 1.82) is 0 Å². The van der Waals surface area contributed by atoms with Crippen LogP contribution in [0.4, 0.5) is 10.7 Å². The Hall–Kier alpha value is -1.89. The van der Waals surface area contributed by atoms with E-state index in [2.05, 4.69) is 24.3 Å². The molecule has 2 aromatic rings. The van der Waals surface area contributed by atoms with Crippen LogP contribution < -0.4 is 5.32 Å². The zero-order valence-corrected chi connectivity index (χ0v) is 11.0. The lowest BCUT2D eigenvalue weighted by atomic mass is 10.4. The van der Waals surface area contributed by atoms with Crippen LogP contribution in [0.15, 0.2) is 24.5 Å². The van der Waals surface area contributed by atoms with Crippen LogP contribution in [0.2, 0.25) is 0 Å². The van der Waals surface area contributed by atoms with Crippen molar-refractivity contribution in [1.82, 2.24) is 9.78 Å². The number of nitrogens with zero attached hydrogens (tertiary/aromatic N) is 3. The fourth-order valence-electron chi connectivity index (χ4n) is 1.46. The van der Waals surface area contributed by atoms with Gasteiger partial charge in [-0.1, -0.05) is 11.3 Å². The Labute approximate surface area is 108 Å². The van der Waals surface area contributed by atoms with Crippen LogP contribution in [0.5, 0.6) is 0 Å². The first kappa shape index (κ1) is 12.6. The van der Waals surface area contributed by atoms with Crippen LogP contribution in [0.25, 0.3) is 0 Å². The third-order valence-corrected chi connectivity index (χ3v) is 3.46. The zero-order chi connectivity index (χ0) is 13.1. The molecule has 0 saturated heterocycles. The molecule has 0 aliphatic rings. The Morgan fingerprint density at radius 1 is 1.56 bits per heavy atom. The van der Waals surface area contributed by atoms with Crippen LogP contribution in [0.1, 0.15) is 24.8 Å². The molecule has 0 saturated carbocycles. The third-order valence-electron chi connectivity index (χ3n) is 2.42. The van der Waals surface area contributed by atoms with Crippen molar-refractivity contribution < 1.29 is 4.92 Å². The molecular weight excluding hydrogens is 252 g/mol. The van der Waals surface area contributed by atoms with Crippen LogP contribution in [0.3, 0.4) is 0 Å². The number of hydrogen-bond donors (Lipinski definition) is 1. The largest absolute Gasteiger partial charge is 0.378 e. The SMILES string of the molecule is CC(C)n1cc(NCc2ccc([N+](=O)[O-])s2)cn1. The van der Waals surface area contributed by atoms with Gasteiger partial charge in [0.2, 0.25) is 0 Å². The van der Waals surface area contributed by atoms with E-state index in [1.807, 2.05) is 10.9 Å². The lowest BCUT2D eigenvalue weighted by Gasteiger charge is -2.03. The highest BCUT2D eigenvalue weighted by molar-refractivity contribution is 7.15. The molecule has 0 aliphatic carbocycles. The van der Waals surface area contributed by atoms with Crippen molar-refractivity contribution in [3.8, 4) is 0 Å². The molecule has 0 atom stereocenters. The van der Waals surface area contributed by atoms with Gasteiger partial charge in [-0.15, -0.1) is 0 Å². The zero-order valence-electron chi connectivity index (χ0n) is 10.2. The lowest BCUT2D eigenvalue weighted by Crippen LogP contribution is -2.00. The maximum Gasteiger partial charge on any atom is 0.324 e. The molecule has 0 fully saturated rings. The number of aromatic nitrogens is 2. The van der Waals surface area contributed by atoms with Crippen molar-refractivity contribution in [3.63, 3.8) is 0 Å². The van der Waals surface area contributed by atoms with E-state index in [1.54, 1.807) is 12.3 Å². The molecule has 1 N–H and O–H groups in total. The summed E-state index contributed by atoms with van der Waals surface area (Å²) in [5.41, 5.74) is 0.916. The Morgan fingerprint density at radius 3 is 2.89 bits per heavy atom. The van der Waals surface area contributed by atoms with E-state index < -0.39 is 0 Å². The van der Waals surface area contributed by atoms with Crippen molar-refractivity contribution >= 4 is 22.0 Å². The molecule has 2 aromatic heterocycles. The van der Waals surface area contributed by atoms with Crippen LogP contribution in [-0.2, 0) is 6.54 Å². The standard InChI is InChI=1S/C11H14N4O2S/c1-8(2)14-7-9(5-13-14)12-6-10-3-4-11(18-10)15(16)17/h3-5,7-8,12H,6H2,1-2H3. The summed E-state index contributed by atoms with van der Waals surface area (Å²) >= 11 is 1.18. The summed E-state index contributed by atoms with van der Waals surface area (Å²) in [6.45, 7) is 4.68. The van der Waals surface area contributed by atoms with E-state index in [1.165, 1.54) is 17.4 Å². The molecule has 2 heterocycles. The molecule has 0 aliphatic heterocycles. The van der Waals surface area contributed by atoms with Gasteiger partial charge in [0, 0.05) is 29.7 Å². The van der Waals surface area contributed by atoms with Gasteiger partial charge in [-0.3, -0.25) is 14.8 Å². The van der Waals surface area contributed by atoms with Gasteiger partial charge in [-0.05, 0) is 19.9 Å². The fourth-order valence-corrected chi connectivity index (χ4v) is 2.22. The molecule has 0 radical (unpaired) electrons. The molecule has 0 bridgehead atoms. The van der Waals surface area contributed by atoms with Gasteiger partial charge in [0.05, 0.1) is 16.8 Å². The van der Waals surface area contributed by atoms with Crippen molar-refractivity contribution in [2.75, 3.05) is 5.32 Å². The summed E-state index contributed by atoms with van der Waals surface area (Å²) < 4.78 is 1.86. The van der Waals surface area contributed by atoms with E-state index >= 15 is 0 Å². The fraction of sp³-hybridized carbons (Fsp3) is 0.364. The van der Waals surface area contributed by atoms with Gasteiger partial charge in [-0.25, -0.2) is 0 Å². The number of nitrogens with one attached hydrogen (secondary N) is 1. The van der Waals surface area contributed by atoms with Gasteiger partial charge in [0.25, 0.3) is 0 Å². The summed E-state index contributed by atoms with van der Waals surface area (Å²) in [7, 11) is 0. The lowest BCUT2D eigenvalue weighted by molar-refractivity contribution is -0.380. The van der Waals surface area contributed by atoms with Gasteiger partial charge in [0.15, 0.2) is 0 Å². The molecule has 0 spiro atoms. The predicted octanol–water partition coefficient (Wildman–Crippen LogP) is 3.05. The summed E-state index contributed by atoms with van der Waals surface area (Å²) in [4.78, 5) is 11.1. The number of nitro groups is 1. The first-order chi connectivity index (χ1) is 8.56. The van der Waals surface area contributed by atoms with E-state index in [4.69, 9.17) is 0 Å². The second-order valence-electron chi connectivity index (χ2n) is 4.15. The molecular formula is C11H14N4O2S. The van der Waals surface area contributed by atoms with E-state index in [0.717, 1.165) is 10.6 Å². The van der Waals surface area contributed by atoms with Crippen LogP contribution >= 0.6 is 11.3 Å². The first-order valence-electron chi connectivity index (χ1n) is 5.57. The van der Waals surface area contributed by atoms with Crippen molar-refractivity contribution in [2.45, 2.75) is 26.4 Å². The van der Waals surface area contributed by atoms with E-state index in [9.17, 15) is 10.1 Å². The Morgan fingerprint density at radius 2 is 2.33 bits per heavy atom. The highest BCUT2D eigenvalue weighted by Crippen LogP contribution is 2.24. The Bertz CT molecular complexity index is 547. The minimum atomic E-state index is -0.370. The second-order valence-corrected chi connectivity index (χ2v) is 5.30. The third kappa shape index (κ3) is 2.86. The maximum atomic E-state index is 10.5. The number of thiophene rings is 1. The average Bonchev–Trinajstić information content (AvgIpc) is 2.95. The molecule has 6 nitrogen and oxygen atoms in total. The summed E-state index contributed by atoms with van der Waals surface area (Å²) in [5.74, 6) is 0. The second kappa shape index (κ2) is 5.18. The van der Waals surface area contributed by atoms with Gasteiger partial charge in [0.1, 0.15) is 0 Å². The van der Waals surface area contributed by atoms with Crippen molar-refractivity contribution in [2.24, 2.45) is 0 Å². The molecule has 2 rings (SSSR count). The van der Waals surface area contributed by atoms with Gasteiger partial charge >= 0.3 is 5.00 Å². The highest BCUT2D eigenvalue weighted by atomic mass is 32.1. The van der Waals surface area contributed by atoms with Crippen LogP contribution in [-0.4, -0.2) is 14.7 Å². The molecule has 18 heavy (non-hydrogen) atoms. The van der Waals surface area contributed by atoms with Crippen LogP contribution in [0, 0.1) is 10.1 Å². The quantitative estimate of drug-likeness (QED) is 0.666. The highest BCUT2D eigenvalue weighted by Gasteiger charge is 2.09. The first-order valence-corrected chi connectivity index (χ1v) is 6.39. The number of rotatable bonds is 5. The minimum absolute atomic E-state index is 0.171. The molecule has 96 valence electrons. The summed E-state index contributed by atoms with van der Waals surface area (Å²) in [5, 5.41) is 18.1. The molecule has 0 unspecified atom stereocenters. The normalized spacial score (nSPS) is 10.8. The molecule has 0 aromatic carbocycles.